The predicted molar refractivity (Wildman–Crippen MR) is 102 cm³/mol. The summed E-state index contributed by atoms with van der Waals surface area (Å²) in [6.45, 7) is 0.702. The van der Waals surface area contributed by atoms with E-state index in [1.165, 1.54) is 6.42 Å². The van der Waals surface area contributed by atoms with Gasteiger partial charge in [0.1, 0.15) is 0 Å². The molecular formula is C20H25BrN2O3. The fraction of sp³-hybridized carbons (Fsp3) is 0.600. The highest BCUT2D eigenvalue weighted by Gasteiger charge is 2.54. The Hall–Kier alpha value is -1.40. The molecule has 2 heterocycles. The highest BCUT2D eigenvalue weighted by molar-refractivity contribution is 9.10. The van der Waals surface area contributed by atoms with Crippen molar-refractivity contribution >= 4 is 27.7 Å². The summed E-state index contributed by atoms with van der Waals surface area (Å²) in [5.74, 6) is 0.291. The molecule has 3 aliphatic rings. The van der Waals surface area contributed by atoms with Crippen LogP contribution in [0.1, 0.15) is 43.6 Å². The molecule has 3 atom stereocenters. The fourth-order valence-electron chi connectivity index (χ4n) is 4.96. The minimum atomic E-state index is -0.180. The van der Waals surface area contributed by atoms with Crippen molar-refractivity contribution in [3.05, 3.63) is 34.3 Å². The first-order chi connectivity index (χ1) is 12.6. The third kappa shape index (κ3) is 3.07. The monoisotopic (exact) mass is 420 g/mol. The molecule has 0 unspecified atom stereocenters. The maximum Gasteiger partial charge on any atom is 0.242 e. The van der Waals surface area contributed by atoms with E-state index in [9.17, 15) is 14.7 Å². The lowest BCUT2D eigenvalue weighted by molar-refractivity contribution is -0.168. The number of halogens is 1. The van der Waals surface area contributed by atoms with Gasteiger partial charge in [0.05, 0.1) is 25.2 Å². The van der Waals surface area contributed by atoms with Crippen molar-refractivity contribution in [2.75, 3.05) is 19.7 Å². The summed E-state index contributed by atoms with van der Waals surface area (Å²) in [4.78, 5) is 29.2. The fourth-order valence-corrected chi connectivity index (χ4v) is 5.22. The predicted octanol–water partition coefficient (Wildman–Crippen LogP) is 2.53. The highest BCUT2D eigenvalue weighted by Crippen LogP contribution is 2.43. The molecule has 2 amide bonds. The third-order valence-corrected chi connectivity index (χ3v) is 6.80. The second-order valence-electron chi connectivity index (χ2n) is 7.75. The number of hydrogen-bond acceptors (Lipinski definition) is 3. The summed E-state index contributed by atoms with van der Waals surface area (Å²) in [5.41, 5.74) is 1.12. The normalized spacial score (nSPS) is 29.3. The highest BCUT2D eigenvalue weighted by atomic mass is 79.9. The number of benzene rings is 1. The van der Waals surface area contributed by atoms with E-state index in [-0.39, 0.29) is 48.9 Å². The Kier molecular flexibility index (Phi) is 5.06. The van der Waals surface area contributed by atoms with E-state index in [4.69, 9.17) is 0 Å². The zero-order chi connectivity index (χ0) is 18.3. The molecule has 1 aromatic rings. The van der Waals surface area contributed by atoms with E-state index in [1.807, 2.05) is 24.3 Å². The van der Waals surface area contributed by atoms with Crippen molar-refractivity contribution in [3.63, 3.8) is 0 Å². The maximum atomic E-state index is 12.9. The molecule has 0 aromatic heterocycles. The second kappa shape index (κ2) is 7.31. The van der Waals surface area contributed by atoms with E-state index in [1.54, 1.807) is 9.80 Å². The van der Waals surface area contributed by atoms with Crippen LogP contribution in [0.4, 0.5) is 0 Å². The van der Waals surface area contributed by atoms with Crippen LogP contribution in [-0.4, -0.2) is 58.5 Å². The van der Waals surface area contributed by atoms with Crippen LogP contribution in [0.5, 0.6) is 0 Å². The Morgan fingerprint density at radius 3 is 2.50 bits per heavy atom. The first kappa shape index (κ1) is 18.0. The molecule has 0 spiro atoms. The summed E-state index contributed by atoms with van der Waals surface area (Å²) >= 11 is 3.45. The summed E-state index contributed by atoms with van der Waals surface area (Å²) in [6, 6.07) is 7.86. The van der Waals surface area contributed by atoms with E-state index in [2.05, 4.69) is 15.9 Å². The second-order valence-corrected chi connectivity index (χ2v) is 8.66. The van der Waals surface area contributed by atoms with Crippen molar-refractivity contribution in [1.82, 2.24) is 9.80 Å². The van der Waals surface area contributed by atoms with Gasteiger partial charge >= 0.3 is 0 Å². The number of hydrogen-bond donors (Lipinski definition) is 1. The number of aliphatic hydroxyl groups is 1. The van der Waals surface area contributed by atoms with Gasteiger partial charge in [-0.1, -0.05) is 47.3 Å². The van der Waals surface area contributed by atoms with E-state index < -0.39 is 0 Å². The van der Waals surface area contributed by atoms with Crippen LogP contribution < -0.4 is 0 Å². The minimum absolute atomic E-state index is 0.0258. The van der Waals surface area contributed by atoms with Gasteiger partial charge in [0, 0.05) is 22.9 Å². The van der Waals surface area contributed by atoms with Gasteiger partial charge in [-0.2, -0.15) is 0 Å². The Bertz CT molecular complexity index is 687. The summed E-state index contributed by atoms with van der Waals surface area (Å²) < 4.78 is 1.01. The SMILES string of the molecule is O=C(C1CCCCC1)N1CC(=O)N2[C@H](CO)[C@@H](c3ccc(Br)cc3)[C@@H]2C1. The molecule has 1 aromatic carbocycles. The van der Waals surface area contributed by atoms with Crippen molar-refractivity contribution in [2.45, 2.75) is 50.1 Å². The van der Waals surface area contributed by atoms with Crippen LogP contribution in [-0.2, 0) is 9.59 Å². The van der Waals surface area contributed by atoms with Crippen LogP contribution in [0.3, 0.4) is 0 Å². The van der Waals surface area contributed by atoms with Gasteiger partial charge < -0.3 is 14.9 Å². The lowest BCUT2D eigenvalue weighted by Crippen LogP contribution is -2.73. The van der Waals surface area contributed by atoms with Crippen molar-refractivity contribution in [2.24, 2.45) is 5.92 Å². The van der Waals surface area contributed by atoms with Crippen molar-refractivity contribution in [3.8, 4) is 0 Å². The number of rotatable bonds is 3. The zero-order valence-electron chi connectivity index (χ0n) is 14.8. The largest absolute Gasteiger partial charge is 0.394 e. The standard InChI is InChI=1S/C20H25BrN2O3/c21-15-8-6-13(7-9-15)19-16-10-22(11-18(25)23(16)17(19)12-24)20(26)14-4-2-1-3-5-14/h6-9,14,16-17,19,24H,1-5,10-12H2/t16-,17+,19-/m0/s1. The molecule has 1 aliphatic carbocycles. The molecule has 4 rings (SSSR count). The molecule has 0 radical (unpaired) electrons. The van der Waals surface area contributed by atoms with Crippen LogP contribution in [0.15, 0.2) is 28.7 Å². The Labute approximate surface area is 162 Å². The first-order valence-corrected chi connectivity index (χ1v) is 10.4. The van der Waals surface area contributed by atoms with Crippen LogP contribution in [0, 0.1) is 5.92 Å². The van der Waals surface area contributed by atoms with Crippen LogP contribution in [0.25, 0.3) is 0 Å². The van der Waals surface area contributed by atoms with Gasteiger partial charge in [0.2, 0.25) is 11.8 Å². The smallest absolute Gasteiger partial charge is 0.242 e. The molecule has 5 nitrogen and oxygen atoms in total. The Morgan fingerprint density at radius 1 is 1.15 bits per heavy atom. The molecule has 0 bridgehead atoms. The number of carbonyl (C=O) groups is 2. The molecule has 3 fully saturated rings. The molecular weight excluding hydrogens is 396 g/mol. The van der Waals surface area contributed by atoms with E-state index in [0.29, 0.717) is 6.54 Å². The van der Waals surface area contributed by atoms with Gasteiger partial charge in [-0.25, -0.2) is 0 Å². The van der Waals surface area contributed by atoms with E-state index in [0.717, 1.165) is 35.7 Å². The van der Waals surface area contributed by atoms with Gasteiger partial charge in [-0.3, -0.25) is 9.59 Å². The molecule has 26 heavy (non-hydrogen) atoms. The minimum Gasteiger partial charge on any atom is -0.394 e. The number of carbonyl (C=O) groups excluding carboxylic acids is 2. The van der Waals surface area contributed by atoms with Crippen molar-refractivity contribution in [1.29, 1.82) is 0 Å². The number of amides is 2. The molecule has 140 valence electrons. The Morgan fingerprint density at radius 2 is 1.85 bits per heavy atom. The van der Waals surface area contributed by atoms with Gasteiger partial charge in [-0.15, -0.1) is 0 Å². The summed E-state index contributed by atoms with van der Waals surface area (Å²) in [6.07, 6.45) is 5.34. The van der Waals surface area contributed by atoms with Gasteiger partial charge in [0.25, 0.3) is 0 Å². The van der Waals surface area contributed by atoms with Gasteiger partial charge in [0.15, 0.2) is 0 Å². The van der Waals surface area contributed by atoms with Crippen molar-refractivity contribution < 1.29 is 14.7 Å². The molecule has 1 saturated carbocycles. The number of aliphatic hydroxyl groups excluding tert-OH is 1. The molecule has 2 saturated heterocycles. The summed E-state index contributed by atoms with van der Waals surface area (Å²) in [5, 5.41) is 9.82. The number of nitrogens with zero attached hydrogens (tertiary/aromatic N) is 2. The lowest BCUT2D eigenvalue weighted by atomic mass is 9.73. The maximum absolute atomic E-state index is 12.9. The molecule has 2 aliphatic heterocycles. The number of piperazine rings is 1. The first-order valence-electron chi connectivity index (χ1n) is 9.56. The number of fused-ring (bicyclic) bond motifs is 1. The molecule has 1 N–H and O–H groups in total. The van der Waals surface area contributed by atoms with Gasteiger partial charge in [-0.05, 0) is 30.5 Å². The quantitative estimate of drug-likeness (QED) is 0.816. The zero-order valence-corrected chi connectivity index (χ0v) is 16.4. The average molecular weight is 421 g/mol. The van der Waals surface area contributed by atoms with Crippen LogP contribution in [0.2, 0.25) is 0 Å². The Balaban J connectivity index is 1.53. The average Bonchev–Trinajstić information content (AvgIpc) is 2.65. The topological polar surface area (TPSA) is 60.9 Å². The molecule has 6 heteroatoms. The lowest BCUT2D eigenvalue weighted by Gasteiger charge is -2.59. The third-order valence-electron chi connectivity index (χ3n) is 6.27. The summed E-state index contributed by atoms with van der Waals surface area (Å²) in [7, 11) is 0. The van der Waals surface area contributed by atoms with E-state index >= 15 is 0 Å². The van der Waals surface area contributed by atoms with Crippen LogP contribution >= 0.6 is 15.9 Å².